The van der Waals surface area contributed by atoms with Crippen LogP contribution in [0.15, 0.2) is 11.5 Å². The molecule has 0 aromatic rings. The summed E-state index contributed by atoms with van der Waals surface area (Å²) in [6.45, 7) is 4.71. The number of hydrogen-bond acceptors (Lipinski definition) is 3. The first-order chi connectivity index (χ1) is 5.05. The van der Waals surface area contributed by atoms with Gasteiger partial charge in [0.05, 0.1) is 12.2 Å². The number of nitrogens with zero attached hydrogens (tertiary/aromatic N) is 1. The molecule has 0 bridgehead atoms. The summed E-state index contributed by atoms with van der Waals surface area (Å²) < 4.78 is 5.13. The van der Waals surface area contributed by atoms with Gasteiger partial charge in [-0.15, -0.1) is 0 Å². The van der Waals surface area contributed by atoms with Crippen LogP contribution in [-0.2, 0) is 4.74 Å². The number of hydrogen-bond donors (Lipinski definition) is 1. The third-order valence-electron chi connectivity index (χ3n) is 1.71. The van der Waals surface area contributed by atoms with Gasteiger partial charge in [0.15, 0.2) is 5.88 Å². The monoisotopic (exact) mass is 152 g/mol. The van der Waals surface area contributed by atoms with Crippen LogP contribution in [0.1, 0.15) is 20.3 Å². The Morgan fingerprint density at radius 2 is 2.27 bits per heavy atom. The van der Waals surface area contributed by atoms with Gasteiger partial charge in [0, 0.05) is 5.41 Å². The number of rotatable bonds is 0. The minimum absolute atomic E-state index is 0.0495. The van der Waals surface area contributed by atoms with E-state index in [9.17, 15) is 0 Å². The zero-order chi connectivity index (χ0) is 8.48. The molecule has 1 rings (SSSR count). The molecular formula is C8H12N2O. The molecule has 0 saturated heterocycles. The van der Waals surface area contributed by atoms with Gasteiger partial charge in [-0.05, 0) is 6.42 Å². The van der Waals surface area contributed by atoms with Crippen molar-refractivity contribution in [2.24, 2.45) is 11.1 Å². The highest BCUT2D eigenvalue weighted by Crippen LogP contribution is 2.30. The fourth-order valence-electron chi connectivity index (χ4n) is 1.07. The molecule has 0 atom stereocenters. The summed E-state index contributed by atoms with van der Waals surface area (Å²) in [7, 11) is 0. The van der Waals surface area contributed by atoms with Crippen LogP contribution in [0.2, 0.25) is 0 Å². The predicted octanol–water partition coefficient (Wildman–Crippen LogP) is 1.13. The summed E-state index contributed by atoms with van der Waals surface area (Å²) in [5, 5.41) is 8.63. The van der Waals surface area contributed by atoms with Gasteiger partial charge >= 0.3 is 0 Å². The SMILES string of the molecule is CC1(C)COC(N)=C(C#N)C1. The zero-order valence-corrected chi connectivity index (χ0v) is 6.85. The van der Waals surface area contributed by atoms with Crippen LogP contribution in [0.5, 0.6) is 0 Å². The highest BCUT2D eigenvalue weighted by molar-refractivity contribution is 5.25. The van der Waals surface area contributed by atoms with E-state index in [0.29, 0.717) is 18.1 Å². The van der Waals surface area contributed by atoms with Crippen LogP contribution in [0.25, 0.3) is 0 Å². The molecule has 0 radical (unpaired) electrons. The van der Waals surface area contributed by atoms with Crippen molar-refractivity contribution in [3.05, 3.63) is 11.5 Å². The second kappa shape index (κ2) is 2.46. The molecule has 1 aliphatic heterocycles. The van der Waals surface area contributed by atoms with Crippen LogP contribution < -0.4 is 5.73 Å². The molecule has 0 aliphatic carbocycles. The minimum Gasteiger partial charge on any atom is -0.478 e. The van der Waals surface area contributed by atoms with Crippen molar-refractivity contribution in [1.82, 2.24) is 0 Å². The molecule has 0 aromatic carbocycles. The van der Waals surface area contributed by atoms with Gasteiger partial charge < -0.3 is 10.5 Å². The first-order valence-corrected chi connectivity index (χ1v) is 3.57. The van der Waals surface area contributed by atoms with Crippen LogP contribution in [0.4, 0.5) is 0 Å². The molecule has 0 unspecified atom stereocenters. The standard InChI is InChI=1S/C8H12N2O/c1-8(2)3-6(4-9)7(10)11-5-8/h3,5,10H2,1-2H3. The second-order valence-electron chi connectivity index (χ2n) is 3.58. The lowest BCUT2D eigenvalue weighted by atomic mass is 9.85. The quantitative estimate of drug-likeness (QED) is 0.566. The molecule has 2 N–H and O–H groups in total. The van der Waals surface area contributed by atoms with Crippen molar-refractivity contribution in [1.29, 1.82) is 5.26 Å². The van der Waals surface area contributed by atoms with Gasteiger partial charge in [-0.3, -0.25) is 0 Å². The average Bonchev–Trinajstić information content (AvgIpc) is 1.94. The lowest BCUT2D eigenvalue weighted by Crippen LogP contribution is -2.27. The maximum atomic E-state index is 8.63. The molecule has 0 saturated carbocycles. The summed E-state index contributed by atoms with van der Waals surface area (Å²) in [6.07, 6.45) is 0.718. The molecule has 60 valence electrons. The minimum atomic E-state index is 0.0495. The average molecular weight is 152 g/mol. The van der Waals surface area contributed by atoms with Gasteiger partial charge in [-0.1, -0.05) is 13.8 Å². The van der Waals surface area contributed by atoms with Crippen LogP contribution in [0.3, 0.4) is 0 Å². The molecule has 1 heterocycles. The normalized spacial score (nSPS) is 22.3. The van der Waals surface area contributed by atoms with E-state index in [0.717, 1.165) is 6.42 Å². The largest absolute Gasteiger partial charge is 0.478 e. The van der Waals surface area contributed by atoms with Crippen LogP contribution in [0, 0.1) is 16.7 Å². The van der Waals surface area contributed by atoms with Crippen molar-refractivity contribution < 1.29 is 4.74 Å². The Balaban J connectivity index is 2.84. The molecule has 0 spiro atoms. The fraction of sp³-hybridized carbons (Fsp3) is 0.625. The first-order valence-electron chi connectivity index (χ1n) is 3.57. The van der Waals surface area contributed by atoms with Gasteiger partial charge in [0.1, 0.15) is 6.07 Å². The Bertz CT molecular complexity index is 235. The van der Waals surface area contributed by atoms with E-state index in [1.807, 2.05) is 6.07 Å². The molecule has 3 heteroatoms. The van der Waals surface area contributed by atoms with Crippen molar-refractivity contribution in [2.75, 3.05) is 6.61 Å². The van der Waals surface area contributed by atoms with E-state index in [1.165, 1.54) is 0 Å². The van der Waals surface area contributed by atoms with E-state index >= 15 is 0 Å². The summed E-state index contributed by atoms with van der Waals surface area (Å²) in [6, 6.07) is 2.04. The smallest absolute Gasteiger partial charge is 0.198 e. The van der Waals surface area contributed by atoms with Gasteiger partial charge in [-0.25, -0.2) is 0 Å². The fourth-order valence-corrected chi connectivity index (χ4v) is 1.07. The molecule has 0 aromatic heterocycles. The Hall–Kier alpha value is -1.17. The van der Waals surface area contributed by atoms with Crippen LogP contribution >= 0.6 is 0 Å². The van der Waals surface area contributed by atoms with E-state index in [4.69, 9.17) is 15.7 Å². The van der Waals surface area contributed by atoms with Crippen LogP contribution in [-0.4, -0.2) is 6.61 Å². The van der Waals surface area contributed by atoms with E-state index in [2.05, 4.69) is 13.8 Å². The summed E-state index contributed by atoms with van der Waals surface area (Å²) in [4.78, 5) is 0. The Morgan fingerprint density at radius 3 is 2.73 bits per heavy atom. The lowest BCUT2D eigenvalue weighted by Gasteiger charge is -2.29. The topological polar surface area (TPSA) is 59.0 Å². The van der Waals surface area contributed by atoms with Crippen molar-refractivity contribution in [3.63, 3.8) is 0 Å². The summed E-state index contributed by atoms with van der Waals surface area (Å²) >= 11 is 0. The maximum Gasteiger partial charge on any atom is 0.198 e. The Kier molecular flexibility index (Phi) is 1.77. The zero-order valence-electron chi connectivity index (χ0n) is 6.85. The molecular weight excluding hydrogens is 140 g/mol. The molecule has 11 heavy (non-hydrogen) atoms. The summed E-state index contributed by atoms with van der Waals surface area (Å²) in [5.41, 5.74) is 6.07. The summed E-state index contributed by atoms with van der Waals surface area (Å²) in [5.74, 6) is 0.298. The van der Waals surface area contributed by atoms with Crippen molar-refractivity contribution >= 4 is 0 Å². The number of allylic oxidation sites excluding steroid dienone is 1. The van der Waals surface area contributed by atoms with Gasteiger partial charge in [0.2, 0.25) is 0 Å². The highest BCUT2D eigenvalue weighted by Gasteiger charge is 2.27. The maximum absolute atomic E-state index is 8.63. The van der Waals surface area contributed by atoms with E-state index < -0.39 is 0 Å². The van der Waals surface area contributed by atoms with Gasteiger partial charge in [-0.2, -0.15) is 5.26 Å². The first kappa shape index (κ1) is 7.93. The third-order valence-corrected chi connectivity index (χ3v) is 1.71. The molecule has 0 amide bonds. The Labute approximate surface area is 66.4 Å². The number of ether oxygens (including phenoxy) is 1. The van der Waals surface area contributed by atoms with Crippen molar-refractivity contribution in [3.8, 4) is 6.07 Å². The molecule has 1 aliphatic rings. The second-order valence-corrected chi connectivity index (χ2v) is 3.58. The lowest BCUT2D eigenvalue weighted by molar-refractivity contribution is 0.0904. The molecule has 3 nitrogen and oxygen atoms in total. The molecule has 0 fully saturated rings. The third kappa shape index (κ3) is 1.64. The van der Waals surface area contributed by atoms with Crippen molar-refractivity contribution in [2.45, 2.75) is 20.3 Å². The number of nitrogens with two attached hydrogens (primary N) is 1. The Morgan fingerprint density at radius 1 is 1.64 bits per heavy atom. The number of nitriles is 1. The van der Waals surface area contributed by atoms with E-state index in [1.54, 1.807) is 0 Å². The van der Waals surface area contributed by atoms with E-state index in [-0.39, 0.29) is 5.41 Å². The van der Waals surface area contributed by atoms with Gasteiger partial charge in [0.25, 0.3) is 0 Å². The predicted molar refractivity (Wildman–Crippen MR) is 41.2 cm³/mol. The highest BCUT2D eigenvalue weighted by atomic mass is 16.5.